The number of aryl methyl sites for hydroxylation is 1. The molecule has 2 rings (SSSR count). The molecule has 0 unspecified atom stereocenters. The summed E-state index contributed by atoms with van der Waals surface area (Å²) in [5, 5.41) is 2.50. The van der Waals surface area contributed by atoms with Crippen molar-refractivity contribution in [2.45, 2.75) is 37.5 Å². The number of hydrogen-bond donors (Lipinski definition) is 2. The van der Waals surface area contributed by atoms with E-state index in [1.165, 1.54) is 49.7 Å². The Morgan fingerprint density at radius 3 is 2.16 bits per heavy atom. The van der Waals surface area contributed by atoms with Gasteiger partial charge in [-0.05, 0) is 54.8 Å². The highest BCUT2D eigenvalue weighted by Gasteiger charge is 2.15. The number of nitrogens with one attached hydrogen (secondary N) is 2. The maximum absolute atomic E-state index is 12.4. The second-order valence-corrected chi connectivity index (χ2v) is 7.55. The van der Waals surface area contributed by atoms with E-state index in [0.717, 1.165) is 12.8 Å². The maximum atomic E-state index is 12.4. The van der Waals surface area contributed by atoms with Crippen molar-refractivity contribution in [3.63, 3.8) is 0 Å². The Morgan fingerprint density at radius 2 is 1.60 bits per heavy atom. The van der Waals surface area contributed by atoms with E-state index in [1.54, 1.807) is 12.1 Å². The topological polar surface area (TPSA) is 75.3 Å². The summed E-state index contributed by atoms with van der Waals surface area (Å²) in [7, 11) is -2.15. The predicted octanol–water partition coefficient (Wildman–Crippen LogP) is 3.58. The van der Waals surface area contributed by atoms with Gasteiger partial charge in [-0.2, -0.15) is 0 Å². The van der Waals surface area contributed by atoms with Crippen molar-refractivity contribution >= 4 is 21.6 Å². The van der Waals surface area contributed by atoms with Crippen molar-refractivity contribution in [2.24, 2.45) is 0 Å². The fourth-order valence-electron chi connectivity index (χ4n) is 2.46. The van der Waals surface area contributed by atoms with E-state index in [9.17, 15) is 13.2 Å². The average Bonchev–Trinajstić information content (AvgIpc) is 2.62. The smallest absolute Gasteiger partial charge is 0.261 e. The molecule has 134 valence electrons. The lowest BCUT2D eigenvalue weighted by atomic mass is 10.1. The second kappa shape index (κ2) is 8.67. The third-order valence-electron chi connectivity index (χ3n) is 3.93. The van der Waals surface area contributed by atoms with E-state index < -0.39 is 10.0 Å². The van der Waals surface area contributed by atoms with E-state index >= 15 is 0 Å². The first kappa shape index (κ1) is 19.0. The Labute approximate surface area is 149 Å². The highest BCUT2D eigenvalue weighted by atomic mass is 32.2. The van der Waals surface area contributed by atoms with Crippen LogP contribution in [0.1, 0.15) is 42.1 Å². The zero-order valence-corrected chi connectivity index (χ0v) is 15.4. The van der Waals surface area contributed by atoms with Crippen LogP contribution in [0.5, 0.6) is 0 Å². The van der Waals surface area contributed by atoms with Gasteiger partial charge in [-0.25, -0.2) is 8.42 Å². The van der Waals surface area contributed by atoms with Crippen molar-refractivity contribution in [3.05, 3.63) is 59.7 Å². The second-order valence-electron chi connectivity index (χ2n) is 5.86. The van der Waals surface area contributed by atoms with Crippen LogP contribution in [0.15, 0.2) is 53.4 Å². The van der Waals surface area contributed by atoms with Gasteiger partial charge in [0.25, 0.3) is 15.9 Å². The van der Waals surface area contributed by atoms with Crippen LogP contribution in [-0.4, -0.2) is 21.4 Å². The summed E-state index contributed by atoms with van der Waals surface area (Å²) in [4.78, 5) is 11.6. The summed E-state index contributed by atoms with van der Waals surface area (Å²) in [6.07, 6.45) is 4.51. The Bertz CT molecular complexity index is 798. The zero-order valence-electron chi connectivity index (χ0n) is 14.6. The van der Waals surface area contributed by atoms with Gasteiger partial charge in [-0.15, -0.1) is 0 Å². The Morgan fingerprint density at radius 1 is 0.960 bits per heavy atom. The van der Waals surface area contributed by atoms with Crippen LogP contribution >= 0.6 is 0 Å². The molecule has 2 aromatic rings. The quantitative estimate of drug-likeness (QED) is 0.707. The van der Waals surface area contributed by atoms with Crippen molar-refractivity contribution in [1.29, 1.82) is 0 Å². The van der Waals surface area contributed by atoms with Crippen molar-refractivity contribution in [2.75, 3.05) is 11.8 Å². The number of carbonyl (C=O) groups excluding carboxylic acids is 1. The van der Waals surface area contributed by atoms with Gasteiger partial charge in [0.05, 0.1) is 4.90 Å². The molecule has 0 fully saturated rings. The standard InChI is InChI=1S/C19H24N2O3S/c1-3-4-5-6-15-7-11-17(12-8-15)21-25(23,24)18-13-9-16(10-14-18)19(22)20-2/h7-14,21H,3-6H2,1-2H3,(H,20,22). The highest BCUT2D eigenvalue weighted by molar-refractivity contribution is 7.92. The van der Waals surface area contributed by atoms with Gasteiger partial charge in [-0.3, -0.25) is 9.52 Å². The number of carbonyl (C=O) groups is 1. The van der Waals surface area contributed by atoms with Gasteiger partial charge >= 0.3 is 0 Å². The Hall–Kier alpha value is -2.34. The van der Waals surface area contributed by atoms with Crippen LogP contribution in [0.2, 0.25) is 0 Å². The Kier molecular flexibility index (Phi) is 6.58. The third kappa shape index (κ3) is 5.32. The number of anilines is 1. The summed E-state index contributed by atoms with van der Waals surface area (Å²) in [5.41, 5.74) is 2.14. The van der Waals surface area contributed by atoms with Gasteiger partial charge in [0.2, 0.25) is 0 Å². The fourth-order valence-corrected chi connectivity index (χ4v) is 3.52. The molecular weight excluding hydrogens is 336 g/mol. The van der Waals surface area contributed by atoms with Gasteiger partial charge in [-0.1, -0.05) is 31.9 Å². The maximum Gasteiger partial charge on any atom is 0.261 e. The molecule has 0 saturated heterocycles. The van der Waals surface area contributed by atoms with E-state index in [0.29, 0.717) is 11.3 Å². The average molecular weight is 360 g/mol. The van der Waals surface area contributed by atoms with Crippen molar-refractivity contribution < 1.29 is 13.2 Å². The molecule has 0 aromatic heterocycles. The number of unbranched alkanes of at least 4 members (excludes halogenated alkanes) is 2. The summed E-state index contributed by atoms with van der Waals surface area (Å²) in [6.45, 7) is 2.17. The van der Waals surface area contributed by atoms with E-state index in [-0.39, 0.29) is 10.8 Å². The lowest BCUT2D eigenvalue weighted by molar-refractivity contribution is 0.0963. The molecule has 0 radical (unpaired) electrons. The van der Waals surface area contributed by atoms with Crippen LogP contribution in [0, 0.1) is 0 Å². The van der Waals surface area contributed by atoms with Gasteiger partial charge in [0.15, 0.2) is 0 Å². The van der Waals surface area contributed by atoms with Crippen LogP contribution in [0.3, 0.4) is 0 Å². The molecule has 25 heavy (non-hydrogen) atoms. The highest BCUT2D eigenvalue weighted by Crippen LogP contribution is 2.18. The molecule has 0 atom stereocenters. The summed E-state index contributed by atoms with van der Waals surface area (Å²) in [5.74, 6) is -0.254. The number of hydrogen-bond acceptors (Lipinski definition) is 3. The SMILES string of the molecule is CCCCCc1ccc(NS(=O)(=O)c2ccc(C(=O)NC)cc2)cc1. The Balaban J connectivity index is 2.06. The number of amides is 1. The largest absolute Gasteiger partial charge is 0.355 e. The lowest BCUT2D eigenvalue weighted by Crippen LogP contribution is -2.18. The minimum atomic E-state index is -3.68. The molecule has 0 heterocycles. The first-order valence-electron chi connectivity index (χ1n) is 8.40. The van der Waals surface area contributed by atoms with Gasteiger partial charge < -0.3 is 5.32 Å². The van der Waals surface area contributed by atoms with Crippen LogP contribution < -0.4 is 10.0 Å². The first-order valence-corrected chi connectivity index (χ1v) is 9.88. The van der Waals surface area contributed by atoms with Crippen molar-refractivity contribution in [3.8, 4) is 0 Å². The molecule has 2 aromatic carbocycles. The van der Waals surface area contributed by atoms with Crippen LogP contribution in [0.25, 0.3) is 0 Å². The summed E-state index contributed by atoms with van der Waals surface area (Å²) < 4.78 is 27.4. The number of sulfonamides is 1. The van der Waals surface area contributed by atoms with E-state index in [2.05, 4.69) is 17.0 Å². The van der Waals surface area contributed by atoms with Gasteiger partial charge in [0, 0.05) is 18.3 Å². The molecule has 0 spiro atoms. The van der Waals surface area contributed by atoms with Gasteiger partial charge in [0.1, 0.15) is 0 Å². The monoisotopic (exact) mass is 360 g/mol. The molecule has 0 aliphatic heterocycles. The molecule has 1 amide bonds. The molecule has 2 N–H and O–H groups in total. The fraction of sp³-hybridized carbons (Fsp3) is 0.316. The van der Waals surface area contributed by atoms with Crippen LogP contribution in [-0.2, 0) is 16.4 Å². The van der Waals surface area contributed by atoms with E-state index in [4.69, 9.17) is 0 Å². The van der Waals surface area contributed by atoms with Crippen LogP contribution in [0.4, 0.5) is 5.69 Å². The minimum absolute atomic E-state index is 0.118. The molecule has 0 aliphatic carbocycles. The first-order chi connectivity index (χ1) is 12.0. The summed E-state index contributed by atoms with van der Waals surface area (Å²) >= 11 is 0. The molecule has 0 bridgehead atoms. The minimum Gasteiger partial charge on any atom is -0.355 e. The zero-order chi connectivity index (χ0) is 18.3. The molecule has 0 saturated carbocycles. The molecular formula is C19H24N2O3S. The molecule has 6 heteroatoms. The number of rotatable bonds is 8. The lowest BCUT2D eigenvalue weighted by Gasteiger charge is -2.09. The number of benzene rings is 2. The third-order valence-corrected chi connectivity index (χ3v) is 5.33. The normalized spacial score (nSPS) is 11.1. The van der Waals surface area contributed by atoms with E-state index in [1.807, 2.05) is 12.1 Å². The molecule has 0 aliphatic rings. The molecule has 5 nitrogen and oxygen atoms in total. The predicted molar refractivity (Wildman–Crippen MR) is 100 cm³/mol. The van der Waals surface area contributed by atoms with Crippen molar-refractivity contribution in [1.82, 2.24) is 5.32 Å². The summed E-state index contributed by atoms with van der Waals surface area (Å²) in [6, 6.07) is 13.3.